The Morgan fingerprint density at radius 3 is 2.44 bits per heavy atom. The molecule has 0 amide bonds. The van der Waals surface area contributed by atoms with Gasteiger partial charge in [-0.1, -0.05) is 12.0 Å². The second-order valence-electron chi connectivity index (χ2n) is 4.17. The maximum Gasteiger partial charge on any atom is 0.243 e. The van der Waals surface area contributed by atoms with Crippen molar-refractivity contribution >= 4 is 10.0 Å². The van der Waals surface area contributed by atoms with E-state index in [1.165, 1.54) is 13.1 Å². The fraction of sp³-hybridized carbons (Fsp3) is 0.385. The molecule has 0 heterocycles. The van der Waals surface area contributed by atoms with E-state index in [0.717, 1.165) is 9.87 Å². The van der Waals surface area contributed by atoms with Crippen molar-refractivity contribution in [2.24, 2.45) is 0 Å². The van der Waals surface area contributed by atoms with Crippen LogP contribution in [0.2, 0.25) is 0 Å². The Labute approximate surface area is 108 Å². The summed E-state index contributed by atoms with van der Waals surface area (Å²) in [5, 5.41) is 9.20. The molecule has 0 saturated heterocycles. The fourth-order valence-electron chi connectivity index (χ4n) is 1.70. The predicted octanol–water partition coefficient (Wildman–Crippen LogP) is 1.05. The van der Waals surface area contributed by atoms with Crippen molar-refractivity contribution < 1.29 is 13.5 Å². The van der Waals surface area contributed by atoms with E-state index in [1.54, 1.807) is 13.0 Å². The highest BCUT2D eigenvalue weighted by molar-refractivity contribution is 7.89. The first-order valence-corrected chi connectivity index (χ1v) is 6.89. The lowest BCUT2D eigenvalue weighted by atomic mass is 10.1. The molecule has 1 N–H and O–H groups in total. The summed E-state index contributed by atoms with van der Waals surface area (Å²) in [6, 6.07) is 3.26. The molecule has 0 spiro atoms. The summed E-state index contributed by atoms with van der Waals surface area (Å²) in [4.78, 5) is 0.190. The van der Waals surface area contributed by atoms with Crippen molar-refractivity contribution in [2.75, 3.05) is 13.6 Å². The molecule has 4 nitrogen and oxygen atoms in total. The molecule has 0 atom stereocenters. The smallest absolute Gasteiger partial charge is 0.243 e. The second kappa shape index (κ2) is 5.53. The summed E-state index contributed by atoms with van der Waals surface area (Å²) < 4.78 is 25.7. The van der Waals surface area contributed by atoms with E-state index in [0.29, 0.717) is 11.1 Å². The van der Waals surface area contributed by atoms with Crippen LogP contribution in [-0.4, -0.2) is 31.4 Å². The Morgan fingerprint density at radius 1 is 1.33 bits per heavy atom. The number of hydrogen-bond donors (Lipinski definition) is 1. The summed E-state index contributed by atoms with van der Waals surface area (Å²) in [6.45, 7) is 3.39. The van der Waals surface area contributed by atoms with Crippen molar-refractivity contribution in [1.29, 1.82) is 0 Å². The van der Waals surface area contributed by atoms with Gasteiger partial charge in [-0.2, -0.15) is 4.31 Å². The van der Waals surface area contributed by atoms with Crippen LogP contribution < -0.4 is 0 Å². The molecule has 0 aliphatic heterocycles. The minimum atomic E-state index is -3.60. The average molecular weight is 267 g/mol. The second-order valence-corrected chi connectivity index (χ2v) is 6.18. The van der Waals surface area contributed by atoms with Crippen molar-refractivity contribution in [3.8, 4) is 12.3 Å². The van der Waals surface area contributed by atoms with Crippen LogP contribution in [0.3, 0.4) is 0 Å². The monoisotopic (exact) mass is 267 g/mol. The van der Waals surface area contributed by atoms with E-state index in [-0.39, 0.29) is 18.0 Å². The topological polar surface area (TPSA) is 57.6 Å². The zero-order valence-corrected chi connectivity index (χ0v) is 11.6. The molecule has 98 valence electrons. The van der Waals surface area contributed by atoms with E-state index in [2.05, 4.69) is 5.92 Å². The van der Waals surface area contributed by atoms with E-state index < -0.39 is 10.0 Å². The van der Waals surface area contributed by atoms with Crippen LogP contribution in [0.25, 0.3) is 0 Å². The Balaban J connectivity index is 3.38. The first kappa shape index (κ1) is 14.7. The third-order valence-electron chi connectivity index (χ3n) is 2.81. The third-order valence-corrected chi connectivity index (χ3v) is 4.75. The van der Waals surface area contributed by atoms with E-state index in [4.69, 9.17) is 6.42 Å². The molecular formula is C13H17NO3S. The van der Waals surface area contributed by atoms with E-state index in [1.807, 2.05) is 6.92 Å². The molecular weight excluding hydrogens is 250 g/mol. The number of nitrogens with zero attached hydrogens (tertiary/aromatic N) is 1. The first-order chi connectivity index (χ1) is 8.34. The van der Waals surface area contributed by atoms with Crippen LogP contribution in [-0.2, 0) is 16.6 Å². The van der Waals surface area contributed by atoms with Crippen molar-refractivity contribution in [2.45, 2.75) is 25.3 Å². The summed E-state index contributed by atoms with van der Waals surface area (Å²) in [6.07, 6.45) is 5.13. The molecule has 5 heteroatoms. The number of rotatable bonds is 4. The number of hydrogen-bond acceptors (Lipinski definition) is 3. The van der Waals surface area contributed by atoms with Crippen molar-refractivity contribution in [3.05, 3.63) is 28.8 Å². The number of sulfonamides is 1. The van der Waals surface area contributed by atoms with Crippen molar-refractivity contribution in [1.82, 2.24) is 4.31 Å². The van der Waals surface area contributed by atoms with Gasteiger partial charge in [0.25, 0.3) is 0 Å². The van der Waals surface area contributed by atoms with Crippen LogP contribution in [0, 0.1) is 26.2 Å². The molecule has 0 saturated carbocycles. The minimum Gasteiger partial charge on any atom is -0.392 e. The maximum atomic E-state index is 12.3. The Morgan fingerprint density at radius 2 is 1.94 bits per heavy atom. The van der Waals surface area contributed by atoms with Gasteiger partial charge in [0.05, 0.1) is 18.0 Å². The Hall–Kier alpha value is -1.35. The minimum absolute atomic E-state index is 0.0180. The molecule has 0 fully saturated rings. The van der Waals surface area contributed by atoms with E-state index >= 15 is 0 Å². The van der Waals surface area contributed by atoms with Crippen LogP contribution in [0.4, 0.5) is 0 Å². The lowest BCUT2D eigenvalue weighted by molar-refractivity contribution is 0.280. The van der Waals surface area contributed by atoms with E-state index in [9.17, 15) is 13.5 Å². The predicted molar refractivity (Wildman–Crippen MR) is 70.5 cm³/mol. The summed E-state index contributed by atoms with van der Waals surface area (Å²) in [5.74, 6) is 2.30. The molecule has 0 bridgehead atoms. The highest BCUT2D eigenvalue weighted by atomic mass is 32.2. The largest absolute Gasteiger partial charge is 0.392 e. The Bertz CT molecular complexity index is 585. The summed E-state index contributed by atoms with van der Waals surface area (Å²) in [7, 11) is -2.16. The highest BCUT2D eigenvalue weighted by Gasteiger charge is 2.23. The zero-order chi connectivity index (χ0) is 13.9. The first-order valence-electron chi connectivity index (χ1n) is 5.45. The van der Waals surface area contributed by atoms with Gasteiger partial charge >= 0.3 is 0 Å². The van der Waals surface area contributed by atoms with Gasteiger partial charge in [0, 0.05) is 7.05 Å². The lowest BCUT2D eigenvalue weighted by Gasteiger charge is -2.17. The fourth-order valence-corrected chi connectivity index (χ4v) is 3.04. The van der Waals surface area contributed by atoms with Crippen LogP contribution in [0.5, 0.6) is 0 Å². The van der Waals surface area contributed by atoms with Crippen LogP contribution in [0.15, 0.2) is 17.0 Å². The molecule has 18 heavy (non-hydrogen) atoms. The zero-order valence-electron chi connectivity index (χ0n) is 10.8. The molecule has 0 aromatic heterocycles. The molecule has 1 aromatic carbocycles. The normalized spacial score (nSPS) is 11.6. The number of aliphatic hydroxyl groups is 1. The van der Waals surface area contributed by atoms with Gasteiger partial charge in [0.15, 0.2) is 0 Å². The molecule has 0 radical (unpaired) electrons. The number of aliphatic hydroxyl groups excluding tert-OH is 1. The maximum absolute atomic E-state index is 12.3. The molecule has 0 unspecified atom stereocenters. The molecule has 1 aromatic rings. The highest BCUT2D eigenvalue weighted by Crippen LogP contribution is 2.23. The number of benzene rings is 1. The van der Waals surface area contributed by atoms with Gasteiger partial charge in [-0.25, -0.2) is 8.42 Å². The van der Waals surface area contributed by atoms with Gasteiger partial charge in [-0.15, -0.1) is 6.42 Å². The molecule has 0 aliphatic rings. The van der Waals surface area contributed by atoms with Crippen LogP contribution >= 0.6 is 0 Å². The molecule has 1 rings (SSSR count). The van der Waals surface area contributed by atoms with Crippen molar-refractivity contribution in [3.63, 3.8) is 0 Å². The molecule has 0 aliphatic carbocycles. The Kier molecular flexibility index (Phi) is 4.52. The van der Waals surface area contributed by atoms with Gasteiger partial charge in [-0.05, 0) is 36.6 Å². The number of terminal acetylenes is 1. The van der Waals surface area contributed by atoms with Crippen LogP contribution in [0.1, 0.15) is 16.7 Å². The number of aryl methyl sites for hydroxylation is 2. The third kappa shape index (κ3) is 2.72. The quantitative estimate of drug-likeness (QED) is 0.830. The standard InChI is InChI=1S/C13H17NO3S/c1-5-6-14(4)18(16,17)13-8-12(9-15)10(2)7-11(13)3/h1,7-8,15H,6,9H2,2-4H3. The van der Waals surface area contributed by atoms with Gasteiger partial charge in [0.2, 0.25) is 10.0 Å². The SMILES string of the molecule is C#CCN(C)S(=O)(=O)c1cc(CO)c(C)cc1C. The van der Waals surface area contributed by atoms with Gasteiger partial charge in [0.1, 0.15) is 0 Å². The summed E-state index contributed by atoms with van der Waals surface area (Å²) in [5.41, 5.74) is 2.12. The average Bonchev–Trinajstić information content (AvgIpc) is 2.29. The van der Waals surface area contributed by atoms with Gasteiger partial charge in [-0.3, -0.25) is 0 Å². The summed E-state index contributed by atoms with van der Waals surface area (Å²) >= 11 is 0. The van der Waals surface area contributed by atoms with Gasteiger partial charge < -0.3 is 5.11 Å². The lowest BCUT2D eigenvalue weighted by Crippen LogP contribution is -2.28.